The molecule has 0 aliphatic heterocycles. The van der Waals surface area contributed by atoms with Crippen LogP contribution in [-0.2, 0) is 9.53 Å². The van der Waals surface area contributed by atoms with Gasteiger partial charge in [0.05, 0.1) is 6.61 Å². The summed E-state index contributed by atoms with van der Waals surface area (Å²) in [7, 11) is 0. The van der Waals surface area contributed by atoms with Gasteiger partial charge in [0.25, 0.3) is 0 Å². The average Bonchev–Trinajstić information content (AvgIpc) is 2.31. The summed E-state index contributed by atoms with van der Waals surface area (Å²) in [5.41, 5.74) is 0.763. The molecule has 0 aromatic heterocycles. The Morgan fingerprint density at radius 3 is 2.38 bits per heavy atom. The van der Waals surface area contributed by atoms with Crippen molar-refractivity contribution in [2.75, 3.05) is 6.61 Å². The summed E-state index contributed by atoms with van der Waals surface area (Å²) in [6.07, 6.45) is 2.90. The molecule has 0 atom stereocenters. The summed E-state index contributed by atoms with van der Waals surface area (Å²) >= 11 is 0. The quantitative estimate of drug-likeness (QED) is 0.580. The van der Waals surface area contributed by atoms with E-state index in [-0.39, 0.29) is 5.82 Å². The maximum absolute atomic E-state index is 12.5. The van der Waals surface area contributed by atoms with E-state index in [1.165, 1.54) is 18.2 Å². The second kappa shape index (κ2) is 8.65. The molecule has 0 heterocycles. The predicted molar refractivity (Wildman–Crippen MR) is 63.4 cm³/mol. The van der Waals surface area contributed by atoms with Crippen LogP contribution in [0.2, 0.25) is 0 Å². The fraction of sp³-hybridized carbons (Fsp3) is 0.308. The van der Waals surface area contributed by atoms with Gasteiger partial charge < -0.3 is 4.74 Å². The fourth-order valence-electron chi connectivity index (χ4n) is 0.929. The van der Waals surface area contributed by atoms with Crippen LogP contribution < -0.4 is 0 Å². The summed E-state index contributed by atoms with van der Waals surface area (Å²) in [4.78, 5) is 10.9. The van der Waals surface area contributed by atoms with E-state index in [0.717, 1.165) is 5.56 Å². The number of ether oxygens (including phenoxy) is 1. The van der Waals surface area contributed by atoms with Gasteiger partial charge in [-0.2, -0.15) is 0 Å². The van der Waals surface area contributed by atoms with Crippen molar-refractivity contribution in [3.05, 3.63) is 41.7 Å². The summed E-state index contributed by atoms with van der Waals surface area (Å²) in [5, 5.41) is 0. The van der Waals surface area contributed by atoms with Crippen LogP contribution in [0.25, 0.3) is 6.08 Å². The first-order valence-corrected chi connectivity index (χ1v) is 5.33. The smallest absolute Gasteiger partial charge is 0.330 e. The zero-order valence-corrected chi connectivity index (χ0v) is 9.87. The molecule has 0 saturated heterocycles. The van der Waals surface area contributed by atoms with E-state index < -0.39 is 5.97 Å². The minimum absolute atomic E-state index is 0.293. The van der Waals surface area contributed by atoms with Crippen LogP contribution in [0.15, 0.2) is 30.3 Å². The Hall–Kier alpha value is -1.64. The van der Waals surface area contributed by atoms with Crippen molar-refractivity contribution in [1.82, 2.24) is 0 Å². The van der Waals surface area contributed by atoms with E-state index in [1.54, 1.807) is 25.1 Å². The molecule has 0 N–H and O–H groups in total. The van der Waals surface area contributed by atoms with Gasteiger partial charge in [0, 0.05) is 6.08 Å². The molecule has 0 spiro atoms. The lowest BCUT2D eigenvalue weighted by Gasteiger charge is -1.95. The molecule has 16 heavy (non-hydrogen) atoms. The van der Waals surface area contributed by atoms with Gasteiger partial charge >= 0.3 is 5.97 Å². The van der Waals surface area contributed by atoms with Crippen molar-refractivity contribution in [2.24, 2.45) is 0 Å². The molecular weight excluding hydrogens is 207 g/mol. The predicted octanol–water partition coefficient (Wildman–Crippen LogP) is 3.43. The van der Waals surface area contributed by atoms with Gasteiger partial charge in [-0.1, -0.05) is 26.0 Å². The minimum atomic E-state index is -0.392. The molecule has 0 aliphatic carbocycles. The number of hydrogen-bond donors (Lipinski definition) is 0. The molecule has 0 saturated carbocycles. The lowest BCUT2D eigenvalue weighted by Crippen LogP contribution is -1.98. The van der Waals surface area contributed by atoms with Crippen LogP contribution in [0.4, 0.5) is 4.39 Å². The first kappa shape index (κ1) is 14.4. The third kappa shape index (κ3) is 5.96. The van der Waals surface area contributed by atoms with Gasteiger partial charge in [0.15, 0.2) is 0 Å². The SMILES string of the molecule is CC.CCOC(=O)C=Cc1ccc(F)cc1. The highest BCUT2D eigenvalue weighted by molar-refractivity contribution is 5.86. The van der Waals surface area contributed by atoms with Crippen molar-refractivity contribution in [3.8, 4) is 0 Å². The van der Waals surface area contributed by atoms with Crippen LogP contribution in [0.5, 0.6) is 0 Å². The normalized spacial score (nSPS) is 9.50. The van der Waals surface area contributed by atoms with E-state index >= 15 is 0 Å². The monoisotopic (exact) mass is 224 g/mol. The Morgan fingerprint density at radius 1 is 1.31 bits per heavy atom. The molecule has 0 bridgehead atoms. The lowest BCUT2D eigenvalue weighted by atomic mass is 10.2. The molecule has 0 unspecified atom stereocenters. The zero-order valence-electron chi connectivity index (χ0n) is 9.87. The van der Waals surface area contributed by atoms with E-state index in [2.05, 4.69) is 4.74 Å². The fourth-order valence-corrected chi connectivity index (χ4v) is 0.929. The zero-order chi connectivity index (χ0) is 12.4. The summed E-state index contributed by atoms with van der Waals surface area (Å²) in [6.45, 7) is 6.09. The number of carbonyl (C=O) groups excluding carboxylic acids is 1. The maximum Gasteiger partial charge on any atom is 0.330 e. The third-order valence-corrected chi connectivity index (χ3v) is 1.57. The van der Waals surface area contributed by atoms with E-state index in [9.17, 15) is 9.18 Å². The van der Waals surface area contributed by atoms with Crippen molar-refractivity contribution in [2.45, 2.75) is 20.8 Å². The van der Waals surface area contributed by atoms with E-state index in [1.807, 2.05) is 13.8 Å². The molecule has 3 heteroatoms. The second-order valence-electron chi connectivity index (χ2n) is 2.64. The number of halogens is 1. The molecule has 88 valence electrons. The highest BCUT2D eigenvalue weighted by Gasteiger charge is 1.93. The van der Waals surface area contributed by atoms with Crippen LogP contribution in [0.3, 0.4) is 0 Å². The number of carbonyl (C=O) groups is 1. The lowest BCUT2D eigenvalue weighted by molar-refractivity contribution is -0.137. The van der Waals surface area contributed by atoms with Crippen molar-refractivity contribution >= 4 is 12.0 Å². The molecule has 0 radical (unpaired) electrons. The van der Waals surface area contributed by atoms with Crippen molar-refractivity contribution < 1.29 is 13.9 Å². The van der Waals surface area contributed by atoms with Crippen LogP contribution in [0.1, 0.15) is 26.3 Å². The Bertz CT molecular complexity index is 328. The van der Waals surface area contributed by atoms with E-state index in [4.69, 9.17) is 0 Å². The van der Waals surface area contributed by atoms with Crippen LogP contribution in [-0.4, -0.2) is 12.6 Å². The molecule has 0 fully saturated rings. The molecule has 0 aliphatic rings. The number of rotatable bonds is 3. The van der Waals surface area contributed by atoms with Crippen LogP contribution >= 0.6 is 0 Å². The van der Waals surface area contributed by atoms with E-state index in [0.29, 0.717) is 6.61 Å². The van der Waals surface area contributed by atoms with Gasteiger partial charge in [-0.05, 0) is 30.7 Å². The summed E-state index contributed by atoms with van der Waals surface area (Å²) in [5.74, 6) is -0.685. The second-order valence-corrected chi connectivity index (χ2v) is 2.64. The number of benzene rings is 1. The van der Waals surface area contributed by atoms with Gasteiger partial charge in [0.1, 0.15) is 5.82 Å². The highest BCUT2D eigenvalue weighted by atomic mass is 19.1. The van der Waals surface area contributed by atoms with Gasteiger partial charge in [-0.25, -0.2) is 9.18 Å². The minimum Gasteiger partial charge on any atom is -0.463 e. The standard InChI is InChI=1S/C11H11FO2.C2H6/c1-2-14-11(13)8-5-9-3-6-10(12)7-4-9;1-2/h3-8H,2H2,1H3;1-2H3. The summed E-state index contributed by atoms with van der Waals surface area (Å²) in [6, 6.07) is 5.85. The van der Waals surface area contributed by atoms with Gasteiger partial charge in [0.2, 0.25) is 0 Å². The first-order chi connectivity index (χ1) is 7.72. The highest BCUT2D eigenvalue weighted by Crippen LogP contribution is 2.04. The molecule has 2 nitrogen and oxygen atoms in total. The Kier molecular flexibility index (Phi) is 7.76. The topological polar surface area (TPSA) is 26.3 Å². The summed E-state index contributed by atoms with van der Waals surface area (Å²) < 4.78 is 17.2. The Morgan fingerprint density at radius 2 is 1.88 bits per heavy atom. The van der Waals surface area contributed by atoms with Gasteiger partial charge in [-0.3, -0.25) is 0 Å². The van der Waals surface area contributed by atoms with Gasteiger partial charge in [-0.15, -0.1) is 0 Å². The number of esters is 1. The largest absolute Gasteiger partial charge is 0.463 e. The van der Waals surface area contributed by atoms with Crippen molar-refractivity contribution in [1.29, 1.82) is 0 Å². The Labute approximate surface area is 95.7 Å². The average molecular weight is 224 g/mol. The molecule has 1 aromatic rings. The molecule has 0 amide bonds. The molecule has 1 aromatic carbocycles. The molecule has 1 rings (SSSR count). The maximum atomic E-state index is 12.5. The molecular formula is C13H17FO2. The van der Waals surface area contributed by atoms with Crippen LogP contribution in [0, 0.1) is 5.82 Å². The third-order valence-electron chi connectivity index (χ3n) is 1.57. The number of hydrogen-bond acceptors (Lipinski definition) is 2. The Balaban J connectivity index is 0.00000106. The first-order valence-electron chi connectivity index (χ1n) is 5.33. The van der Waals surface area contributed by atoms with Crippen molar-refractivity contribution in [3.63, 3.8) is 0 Å².